The van der Waals surface area contributed by atoms with Crippen LogP contribution in [0.25, 0.3) is 0 Å². The third-order valence-corrected chi connectivity index (χ3v) is 3.16. The molecule has 0 unspecified atom stereocenters. The molecule has 0 atom stereocenters. The normalized spacial score (nSPS) is 11.1. The summed E-state index contributed by atoms with van der Waals surface area (Å²) in [4.78, 5) is 0. The van der Waals surface area contributed by atoms with Crippen molar-refractivity contribution in [3.8, 4) is 0 Å². The predicted molar refractivity (Wildman–Crippen MR) is 66.9 cm³/mol. The highest BCUT2D eigenvalue weighted by atomic mass is 35.5. The molecular formula is C11H16ClN5. The lowest BCUT2D eigenvalue weighted by Crippen LogP contribution is -2.09. The lowest BCUT2D eigenvalue weighted by Gasteiger charge is -2.05. The van der Waals surface area contributed by atoms with Crippen LogP contribution in [-0.2, 0) is 19.6 Å². The van der Waals surface area contributed by atoms with Crippen molar-refractivity contribution in [2.75, 3.05) is 0 Å². The van der Waals surface area contributed by atoms with Gasteiger partial charge in [-0.2, -0.15) is 10.2 Å². The lowest BCUT2D eigenvalue weighted by atomic mass is 10.3. The molecule has 92 valence electrons. The van der Waals surface area contributed by atoms with Crippen molar-refractivity contribution in [3.63, 3.8) is 0 Å². The highest BCUT2D eigenvalue weighted by Gasteiger charge is 2.13. The van der Waals surface area contributed by atoms with Crippen LogP contribution in [0.5, 0.6) is 0 Å². The van der Waals surface area contributed by atoms with Crippen molar-refractivity contribution in [1.82, 2.24) is 19.6 Å². The van der Waals surface area contributed by atoms with Crippen LogP contribution in [0.4, 0.5) is 0 Å². The number of halogens is 1. The van der Waals surface area contributed by atoms with E-state index in [1.165, 1.54) is 0 Å². The molecule has 2 aromatic heterocycles. The van der Waals surface area contributed by atoms with Crippen LogP contribution < -0.4 is 5.73 Å². The molecule has 0 fully saturated rings. The van der Waals surface area contributed by atoms with Crippen LogP contribution in [0, 0.1) is 6.92 Å². The van der Waals surface area contributed by atoms with Crippen LogP contribution >= 0.6 is 11.6 Å². The van der Waals surface area contributed by atoms with Crippen molar-refractivity contribution >= 4 is 11.6 Å². The van der Waals surface area contributed by atoms with Crippen LogP contribution in [0.2, 0.25) is 5.02 Å². The molecule has 2 rings (SSSR count). The minimum absolute atomic E-state index is 0.451. The summed E-state index contributed by atoms with van der Waals surface area (Å²) in [6.07, 6.45) is 1.90. The maximum Gasteiger partial charge on any atom is 0.0866 e. The van der Waals surface area contributed by atoms with Crippen LogP contribution in [0.3, 0.4) is 0 Å². The molecular weight excluding hydrogens is 238 g/mol. The molecule has 0 bridgehead atoms. The first-order valence-corrected chi connectivity index (χ1v) is 5.97. The Kier molecular flexibility index (Phi) is 3.49. The van der Waals surface area contributed by atoms with E-state index in [1.54, 1.807) is 0 Å². The maximum absolute atomic E-state index is 6.23. The zero-order chi connectivity index (χ0) is 12.4. The van der Waals surface area contributed by atoms with Gasteiger partial charge in [0, 0.05) is 19.3 Å². The van der Waals surface area contributed by atoms with E-state index in [2.05, 4.69) is 10.2 Å². The highest BCUT2D eigenvalue weighted by Crippen LogP contribution is 2.21. The molecule has 0 amide bonds. The molecule has 5 nitrogen and oxygen atoms in total. The number of aryl methyl sites for hydroxylation is 2. The predicted octanol–water partition coefficient (Wildman–Crippen LogP) is 1.57. The molecule has 0 aliphatic heterocycles. The van der Waals surface area contributed by atoms with E-state index in [-0.39, 0.29) is 0 Å². The molecule has 17 heavy (non-hydrogen) atoms. The summed E-state index contributed by atoms with van der Waals surface area (Å²) >= 11 is 6.23. The van der Waals surface area contributed by atoms with Gasteiger partial charge in [0.15, 0.2) is 0 Å². The quantitative estimate of drug-likeness (QED) is 0.900. The zero-order valence-electron chi connectivity index (χ0n) is 10.0. The Morgan fingerprint density at radius 1 is 1.41 bits per heavy atom. The van der Waals surface area contributed by atoms with Gasteiger partial charge < -0.3 is 5.73 Å². The topological polar surface area (TPSA) is 61.7 Å². The third kappa shape index (κ3) is 2.35. The molecule has 0 aliphatic carbocycles. The zero-order valence-corrected chi connectivity index (χ0v) is 10.8. The van der Waals surface area contributed by atoms with Gasteiger partial charge in [0.25, 0.3) is 0 Å². The van der Waals surface area contributed by atoms with Gasteiger partial charge in [-0.05, 0) is 19.9 Å². The monoisotopic (exact) mass is 253 g/mol. The molecule has 2 N–H and O–H groups in total. The van der Waals surface area contributed by atoms with Crippen LogP contribution in [0.1, 0.15) is 24.0 Å². The fourth-order valence-electron chi connectivity index (χ4n) is 1.77. The molecule has 0 saturated carbocycles. The van der Waals surface area contributed by atoms with E-state index in [9.17, 15) is 0 Å². The largest absolute Gasteiger partial charge is 0.325 e. The van der Waals surface area contributed by atoms with Crippen LogP contribution in [-0.4, -0.2) is 19.6 Å². The van der Waals surface area contributed by atoms with Gasteiger partial charge in [-0.15, -0.1) is 0 Å². The van der Waals surface area contributed by atoms with Crippen molar-refractivity contribution in [2.45, 2.75) is 33.5 Å². The molecule has 2 aromatic rings. The summed E-state index contributed by atoms with van der Waals surface area (Å²) in [7, 11) is 0. The first-order chi connectivity index (χ1) is 8.15. The number of hydrogen-bond acceptors (Lipinski definition) is 3. The van der Waals surface area contributed by atoms with E-state index in [0.29, 0.717) is 13.1 Å². The Morgan fingerprint density at radius 3 is 2.76 bits per heavy atom. The Bertz CT molecular complexity index is 514. The van der Waals surface area contributed by atoms with Gasteiger partial charge in [0.1, 0.15) is 0 Å². The molecule has 6 heteroatoms. The first-order valence-electron chi connectivity index (χ1n) is 5.59. The third-order valence-electron chi connectivity index (χ3n) is 2.67. The minimum Gasteiger partial charge on any atom is -0.325 e. The van der Waals surface area contributed by atoms with Gasteiger partial charge in [-0.25, -0.2) is 0 Å². The molecule has 0 radical (unpaired) electrons. The Labute approximate surface area is 105 Å². The summed E-state index contributed by atoms with van der Waals surface area (Å²) in [5.41, 5.74) is 8.24. The second-order valence-electron chi connectivity index (χ2n) is 3.87. The van der Waals surface area contributed by atoms with E-state index in [4.69, 9.17) is 17.3 Å². The van der Waals surface area contributed by atoms with Crippen molar-refractivity contribution < 1.29 is 0 Å². The van der Waals surface area contributed by atoms with Gasteiger partial charge in [0.2, 0.25) is 0 Å². The first kappa shape index (κ1) is 12.1. The van der Waals surface area contributed by atoms with Crippen LogP contribution in [0.15, 0.2) is 12.3 Å². The van der Waals surface area contributed by atoms with Gasteiger partial charge in [-0.1, -0.05) is 11.6 Å². The van der Waals surface area contributed by atoms with Gasteiger partial charge >= 0.3 is 0 Å². The second kappa shape index (κ2) is 4.89. The van der Waals surface area contributed by atoms with E-state index in [1.807, 2.05) is 35.5 Å². The number of nitrogens with two attached hydrogens (primary N) is 1. The summed E-state index contributed by atoms with van der Waals surface area (Å²) in [5.74, 6) is 0. The Hall–Kier alpha value is -1.33. The summed E-state index contributed by atoms with van der Waals surface area (Å²) < 4.78 is 3.73. The molecule has 0 saturated heterocycles. The lowest BCUT2D eigenvalue weighted by molar-refractivity contribution is 0.572. The molecule has 0 spiro atoms. The average molecular weight is 254 g/mol. The molecule has 2 heterocycles. The number of rotatable bonds is 4. The minimum atomic E-state index is 0.451. The van der Waals surface area contributed by atoms with Gasteiger partial charge in [-0.3, -0.25) is 9.36 Å². The summed E-state index contributed by atoms with van der Waals surface area (Å²) in [6.45, 7) is 5.82. The van der Waals surface area contributed by atoms with Crippen molar-refractivity contribution in [2.24, 2.45) is 5.73 Å². The standard InChI is InChI=1S/C11H16ClN5/c1-3-17-10(11(12)8(2)14-17)7-16-5-4-9(6-13)15-16/h4-5H,3,6-7,13H2,1-2H3. The Morgan fingerprint density at radius 2 is 2.18 bits per heavy atom. The second-order valence-corrected chi connectivity index (χ2v) is 4.25. The van der Waals surface area contributed by atoms with Crippen molar-refractivity contribution in [1.29, 1.82) is 0 Å². The number of hydrogen-bond donors (Lipinski definition) is 1. The Balaban J connectivity index is 2.28. The van der Waals surface area contributed by atoms with E-state index in [0.717, 1.165) is 28.6 Å². The fourth-order valence-corrected chi connectivity index (χ4v) is 1.97. The maximum atomic E-state index is 6.23. The number of nitrogens with zero attached hydrogens (tertiary/aromatic N) is 4. The SMILES string of the molecule is CCn1nc(C)c(Cl)c1Cn1ccc(CN)n1. The molecule has 0 aliphatic rings. The highest BCUT2D eigenvalue weighted by molar-refractivity contribution is 6.31. The fraction of sp³-hybridized carbons (Fsp3) is 0.455. The number of aromatic nitrogens is 4. The van der Waals surface area contributed by atoms with E-state index >= 15 is 0 Å². The smallest absolute Gasteiger partial charge is 0.0866 e. The summed E-state index contributed by atoms with van der Waals surface area (Å²) in [5, 5.41) is 9.43. The average Bonchev–Trinajstić information content (AvgIpc) is 2.89. The van der Waals surface area contributed by atoms with Gasteiger partial charge in [0.05, 0.1) is 28.6 Å². The molecule has 0 aromatic carbocycles. The summed E-state index contributed by atoms with van der Waals surface area (Å²) in [6, 6.07) is 1.91. The van der Waals surface area contributed by atoms with Crippen molar-refractivity contribution in [3.05, 3.63) is 34.4 Å². The van der Waals surface area contributed by atoms with E-state index < -0.39 is 0 Å².